The second kappa shape index (κ2) is 7.50. The first-order chi connectivity index (χ1) is 10.9. The molecule has 2 rings (SSSR count). The standard InChI is InChI=1S/C14H10Cl3N3O3/c15-9-6-10(16)14(11(17)7-9)19-18-13(21)5-8-3-1-2-4-12(8)20(22)23/h1-4,6-7,19H,5H2,(H,18,21). The predicted octanol–water partition coefficient (Wildman–Crippen LogP) is 4.24. The van der Waals surface area contributed by atoms with E-state index in [0.29, 0.717) is 10.6 Å². The van der Waals surface area contributed by atoms with Crippen LogP contribution in [0.1, 0.15) is 5.56 Å². The SMILES string of the molecule is O=C(Cc1ccccc1[N+](=O)[O-])NNc1c(Cl)cc(Cl)cc1Cl. The summed E-state index contributed by atoms with van der Waals surface area (Å²) >= 11 is 17.7. The van der Waals surface area contributed by atoms with Crippen LogP contribution < -0.4 is 10.9 Å². The first-order valence-electron chi connectivity index (χ1n) is 6.30. The van der Waals surface area contributed by atoms with Gasteiger partial charge < -0.3 is 0 Å². The molecular formula is C14H10Cl3N3O3. The largest absolute Gasteiger partial charge is 0.296 e. The van der Waals surface area contributed by atoms with Crippen molar-refractivity contribution < 1.29 is 9.72 Å². The fourth-order valence-corrected chi connectivity index (χ4v) is 2.76. The highest BCUT2D eigenvalue weighted by molar-refractivity contribution is 6.41. The van der Waals surface area contributed by atoms with Gasteiger partial charge in [-0.1, -0.05) is 53.0 Å². The highest BCUT2D eigenvalue weighted by Crippen LogP contribution is 2.33. The number of hydrogen-bond acceptors (Lipinski definition) is 4. The van der Waals surface area contributed by atoms with E-state index in [1.54, 1.807) is 6.07 Å². The van der Waals surface area contributed by atoms with Gasteiger partial charge in [0.25, 0.3) is 5.69 Å². The third-order valence-corrected chi connectivity index (χ3v) is 3.69. The van der Waals surface area contributed by atoms with Gasteiger partial charge in [0.15, 0.2) is 0 Å². The van der Waals surface area contributed by atoms with E-state index in [9.17, 15) is 14.9 Å². The van der Waals surface area contributed by atoms with E-state index in [1.165, 1.54) is 30.3 Å². The normalized spacial score (nSPS) is 10.2. The molecule has 0 aliphatic carbocycles. The van der Waals surface area contributed by atoms with Crippen molar-refractivity contribution in [2.75, 3.05) is 5.43 Å². The van der Waals surface area contributed by atoms with Crippen LogP contribution >= 0.6 is 34.8 Å². The first-order valence-corrected chi connectivity index (χ1v) is 7.43. The fourth-order valence-electron chi connectivity index (χ4n) is 1.85. The molecule has 0 bridgehead atoms. The van der Waals surface area contributed by atoms with Crippen molar-refractivity contribution in [3.8, 4) is 0 Å². The molecule has 0 radical (unpaired) electrons. The summed E-state index contributed by atoms with van der Waals surface area (Å²) in [5.41, 5.74) is 5.44. The molecule has 23 heavy (non-hydrogen) atoms. The van der Waals surface area contributed by atoms with Crippen molar-refractivity contribution in [2.24, 2.45) is 0 Å². The number of nitro groups is 1. The number of carbonyl (C=O) groups is 1. The topological polar surface area (TPSA) is 84.3 Å². The zero-order valence-electron chi connectivity index (χ0n) is 11.5. The number of hydrazine groups is 1. The minimum absolute atomic E-state index is 0.120. The van der Waals surface area contributed by atoms with Crippen LogP contribution in [0.5, 0.6) is 0 Å². The lowest BCUT2D eigenvalue weighted by Crippen LogP contribution is -2.31. The number of nitro benzene ring substituents is 1. The Kier molecular flexibility index (Phi) is 5.65. The Balaban J connectivity index is 2.06. The summed E-state index contributed by atoms with van der Waals surface area (Å²) in [6.07, 6.45) is -0.174. The van der Waals surface area contributed by atoms with E-state index in [4.69, 9.17) is 34.8 Å². The van der Waals surface area contributed by atoms with Gasteiger partial charge in [-0.05, 0) is 12.1 Å². The lowest BCUT2D eigenvalue weighted by atomic mass is 10.1. The number of benzene rings is 2. The molecule has 6 nitrogen and oxygen atoms in total. The summed E-state index contributed by atoms with van der Waals surface area (Å²) in [5.74, 6) is -0.485. The molecule has 0 atom stereocenters. The van der Waals surface area contributed by atoms with Gasteiger partial charge in [0.2, 0.25) is 5.91 Å². The Morgan fingerprint density at radius 2 is 1.74 bits per heavy atom. The summed E-state index contributed by atoms with van der Waals surface area (Å²) in [7, 11) is 0. The van der Waals surface area contributed by atoms with E-state index in [1.807, 2.05) is 0 Å². The molecule has 0 saturated carbocycles. The van der Waals surface area contributed by atoms with E-state index in [-0.39, 0.29) is 27.8 Å². The molecule has 1 amide bonds. The number of para-hydroxylation sites is 1. The van der Waals surface area contributed by atoms with Crippen molar-refractivity contribution in [2.45, 2.75) is 6.42 Å². The number of amides is 1. The number of anilines is 1. The van der Waals surface area contributed by atoms with Crippen molar-refractivity contribution >= 4 is 52.1 Å². The molecule has 2 N–H and O–H groups in total. The Hall–Kier alpha value is -2.02. The minimum atomic E-state index is -0.539. The van der Waals surface area contributed by atoms with Crippen LogP contribution in [0.2, 0.25) is 15.1 Å². The molecule has 0 fully saturated rings. The predicted molar refractivity (Wildman–Crippen MR) is 90.0 cm³/mol. The zero-order chi connectivity index (χ0) is 17.0. The summed E-state index contributed by atoms with van der Waals surface area (Å²) in [6.45, 7) is 0. The number of rotatable bonds is 5. The summed E-state index contributed by atoms with van der Waals surface area (Å²) in [6, 6.07) is 8.93. The number of hydrogen-bond donors (Lipinski definition) is 2. The molecule has 0 aliphatic rings. The van der Waals surface area contributed by atoms with Gasteiger partial charge in [-0.3, -0.25) is 25.8 Å². The Morgan fingerprint density at radius 1 is 1.13 bits per heavy atom. The average molecular weight is 375 g/mol. The molecular weight excluding hydrogens is 365 g/mol. The molecule has 0 spiro atoms. The third-order valence-electron chi connectivity index (χ3n) is 2.87. The summed E-state index contributed by atoms with van der Waals surface area (Å²) in [5, 5.41) is 11.7. The zero-order valence-corrected chi connectivity index (χ0v) is 13.7. The van der Waals surface area contributed by atoms with Crippen LogP contribution in [-0.4, -0.2) is 10.8 Å². The average Bonchev–Trinajstić information content (AvgIpc) is 2.46. The van der Waals surface area contributed by atoms with Gasteiger partial charge in [-0.2, -0.15) is 0 Å². The molecule has 0 aliphatic heterocycles. The Morgan fingerprint density at radius 3 is 2.35 bits per heavy atom. The molecule has 2 aromatic rings. The molecule has 9 heteroatoms. The van der Waals surface area contributed by atoms with Crippen molar-refractivity contribution in [3.05, 3.63) is 67.1 Å². The lowest BCUT2D eigenvalue weighted by Gasteiger charge is -2.12. The van der Waals surface area contributed by atoms with Gasteiger partial charge in [0.1, 0.15) is 0 Å². The van der Waals surface area contributed by atoms with Crippen LogP contribution in [0.4, 0.5) is 11.4 Å². The molecule has 120 valence electrons. The van der Waals surface area contributed by atoms with Crippen LogP contribution in [-0.2, 0) is 11.2 Å². The fraction of sp³-hybridized carbons (Fsp3) is 0.0714. The smallest absolute Gasteiger partial charge is 0.273 e. The Labute approximate surface area is 146 Å². The van der Waals surface area contributed by atoms with Crippen LogP contribution in [0, 0.1) is 10.1 Å². The van der Waals surface area contributed by atoms with E-state index >= 15 is 0 Å². The van der Waals surface area contributed by atoms with Crippen LogP contribution in [0.25, 0.3) is 0 Å². The van der Waals surface area contributed by atoms with Gasteiger partial charge in [0.05, 0.1) is 27.1 Å². The quantitative estimate of drug-likeness (QED) is 0.605. The van der Waals surface area contributed by atoms with E-state index in [2.05, 4.69) is 10.9 Å². The maximum absolute atomic E-state index is 11.9. The highest BCUT2D eigenvalue weighted by atomic mass is 35.5. The maximum Gasteiger partial charge on any atom is 0.273 e. The number of carbonyl (C=O) groups excluding carboxylic acids is 1. The molecule has 0 aromatic heterocycles. The van der Waals surface area contributed by atoms with Gasteiger partial charge >= 0.3 is 0 Å². The van der Waals surface area contributed by atoms with Gasteiger partial charge in [0, 0.05) is 16.7 Å². The third kappa shape index (κ3) is 4.48. The molecule has 2 aromatic carbocycles. The van der Waals surface area contributed by atoms with Gasteiger partial charge in [-0.15, -0.1) is 0 Å². The van der Waals surface area contributed by atoms with E-state index in [0.717, 1.165) is 0 Å². The molecule has 0 saturated heterocycles. The first kappa shape index (κ1) is 17.3. The van der Waals surface area contributed by atoms with Crippen LogP contribution in [0.3, 0.4) is 0 Å². The van der Waals surface area contributed by atoms with Gasteiger partial charge in [-0.25, -0.2) is 0 Å². The molecule has 0 unspecified atom stereocenters. The monoisotopic (exact) mass is 373 g/mol. The lowest BCUT2D eigenvalue weighted by molar-refractivity contribution is -0.385. The van der Waals surface area contributed by atoms with Crippen molar-refractivity contribution in [1.82, 2.24) is 5.43 Å². The summed E-state index contributed by atoms with van der Waals surface area (Å²) < 4.78 is 0. The van der Waals surface area contributed by atoms with Crippen molar-refractivity contribution in [1.29, 1.82) is 0 Å². The second-order valence-corrected chi connectivity index (χ2v) is 5.73. The summed E-state index contributed by atoms with van der Waals surface area (Å²) in [4.78, 5) is 22.3. The Bertz CT molecular complexity index is 745. The van der Waals surface area contributed by atoms with E-state index < -0.39 is 10.8 Å². The number of nitrogens with one attached hydrogen (secondary N) is 2. The van der Waals surface area contributed by atoms with Crippen LogP contribution in [0.15, 0.2) is 36.4 Å². The second-order valence-electron chi connectivity index (χ2n) is 4.48. The number of halogens is 3. The number of nitrogens with zero attached hydrogens (tertiary/aromatic N) is 1. The minimum Gasteiger partial charge on any atom is -0.296 e. The maximum atomic E-state index is 11.9. The highest BCUT2D eigenvalue weighted by Gasteiger charge is 2.16. The van der Waals surface area contributed by atoms with Crippen molar-refractivity contribution in [3.63, 3.8) is 0 Å². The molecule has 0 heterocycles.